The van der Waals surface area contributed by atoms with Crippen molar-refractivity contribution in [3.63, 3.8) is 0 Å². The highest BCUT2D eigenvalue weighted by Crippen LogP contribution is 2.32. The molecule has 0 spiro atoms. The fourth-order valence-corrected chi connectivity index (χ4v) is 2.07. The molecule has 0 saturated heterocycles. The lowest BCUT2D eigenvalue weighted by Crippen LogP contribution is -2.10. The zero-order chi connectivity index (χ0) is 13.8. The molecule has 0 aliphatic rings. The summed E-state index contributed by atoms with van der Waals surface area (Å²) in [5.74, 6) is 1.96. The number of methoxy groups -OCH3 is 1. The lowest BCUT2D eigenvalue weighted by atomic mass is 10.1. The molecule has 1 atom stereocenters. The molecule has 0 aliphatic carbocycles. The SMILES string of the molecule is COc1ccc(-c2ccc(C(N)CCO)o2)cc1Cl. The highest BCUT2D eigenvalue weighted by atomic mass is 35.5. The van der Waals surface area contributed by atoms with Gasteiger partial charge in [-0.1, -0.05) is 11.6 Å². The fraction of sp³-hybridized carbons (Fsp3) is 0.286. The summed E-state index contributed by atoms with van der Waals surface area (Å²) in [5, 5.41) is 9.39. The highest BCUT2D eigenvalue weighted by molar-refractivity contribution is 6.32. The molecule has 1 aromatic heterocycles. The average molecular weight is 282 g/mol. The van der Waals surface area contributed by atoms with Crippen LogP contribution in [0, 0.1) is 0 Å². The molecule has 1 unspecified atom stereocenters. The van der Waals surface area contributed by atoms with Crippen molar-refractivity contribution in [2.24, 2.45) is 5.73 Å². The summed E-state index contributed by atoms with van der Waals surface area (Å²) in [5.41, 5.74) is 6.73. The first-order valence-electron chi connectivity index (χ1n) is 5.95. The summed E-state index contributed by atoms with van der Waals surface area (Å²) < 4.78 is 10.8. The van der Waals surface area contributed by atoms with Crippen LogP contribution in [-0.4, -0.2) is 18.8 Å². The van der Waals surface area contributed by atoms with Crippen LogP contribution in [0.25, 0.3) is 11.3 Å². The van der Waals surface area contributed by atoms with E-state index in [4.69, 9.17) is 31.6 Å². The summed E-state index contributed by atoms with van der Waals surface area (Å²) in [4.78, 5) is 0. The van der Waals surface area contributed by atoms with E-state index in [0.717, 1.165) is 5.56 Å². The van der Waals surface area contributed by atoms with Crippen molar-refractivity contribution >= 4 is 11.6 Å². The Morgan fingerprint density at radius 3 is 2.79 bits per heavy atom. The molecular formula is C14H16ClNO3. The van der Waals surface area contributed by atoms with E-state index < -0.39 is 0 Å². The first kappa shape index (κ1) is 13.9. The van der Waals surface area contributed by atoms with E-state index in [1.165, 1.54) is 0 Å². The zero-order valence-electron chi connectivity index (χ0n) is 10.6. The number of ether oxygens (including phenoxy) is 1. The summed E-state index contributed by atoms with van der Waals surface area (Å²) in [7, 11) is 1.57. The molecule has 2 rings (SSSR count). The largest absolute Gasteiger partial charge is 0.495 e. The third-order valence-corrected chi connectivity index (χ3v) is 3.16. The van der Waals surface area contributed by atoms with E-state index in [1.807, 2.05) is 18.2 Å². The molecule has 0 saturated carbocycles. The minimum Gasteiger partial charge on any atom is -0.495 e. The topological polar surface area (TPSA) is 68.6 Å². The maximum absolute atomic E-state index is 8.86. The zero-order valence-corrected chi connectivity index (χ0v) is 11.4. The van der Waals surface area contributed by atoms with Crippen LogP contribution in [0.4, 0.5) is 0 Å². The molecule has 0 fully saturated rings. The predicted molar refractivity (Wildman–Crippen MR) is 74.3 cm³/mol. The van der Waals surface area contributed by atoms with E-state index in [2.05, 4.69) is 0 Å². The van der Waals surface area contributed by atoms with Crippen LogP contribution in [0.2, 0.25) is 5.02 Å². The minimum atomic E-state index is -0.299. The first-order valence-corrected chi connectivity index (χ1v) is 6.33. The van der Waals surface area contributed by atoms with E-state index in [-0.39, 0.29) is 12.6 Å². The fourth-order valence-electron chi connectivity index (χ4n) is 1.81. The molecule has 0 aliphatic heterocycles. The van der Waals surface area contributed by atoms with Gasteiger partial charge in [0, 0.05) is 12.2 Å². The molecule has 2 aromatic rings. The maximum Gasteiger partial charge on any atom is 0.137 e. The highest BCUT2D eigenvalue weighted by Gasteiger charge is 2.12. The number of furan rings is 1. The number of halogens is 1. The number of hydrogen-bond acceptors (Lipinski definition) is 4. The van der Waals surface area contributed by atoms with Gasteiger partial charge in [-0.05, 0) is 36.8 Å². The Bertz CT molecular complexity index is 553. The van der Waals surface area contributed by atoms with Gasteiger partial charge in [-0.2, -0.15) is 0 Å². The van der Waals surface area contributed by atoms with Crippen molar-refractivity contribution in [2.45, 2.75) is 12.5 Å². The van der Waals surface area contributed by atoms with Gasteiger partial charge >= 0.3 is 0 Å². The number of hydrogen-bond donors (Lipinski definition) is 2. The van der Waals surface area contributed by atoms with Gasteiger partial charge in [0.05, 0.1) is 18.2 Å². The lowest BCUT2D eigenvalue weighted by molar-refractivity contribution is 0.269. The molecule has 0 radical (unpaired) electrons. The third-order valence-electron chi connectivity index (χ3n) is 2.87. The van der Waals surface area contributed by atoms with Gasteiger partial charge in [0.15, 0.2) is 0 Å². The average Bonchev–Trinajstić information content (AvgIpc) is 2.88. The monoisotopic (exact) mass is 281 g/mol. The Morgan fingerprint density at radius 2 is 2.16 bits per heavy atom. The lowest BCUT2D eigenvalue weighted by Gasteiger charge is -2.06. The molecule has 0 amide bonds. The normalized spacial score (nSPS) is 12.4. The van der Waals surface area contributed by atoms with Crippen LogP contribution in [0.15, 0.2) is 34.7 Å². The number of aliphatic hydroxyl groups is 1. The number of aliphatic hydroxyl groups excluding tert-OH is 1. The summed E-state index contributed by atoms with van der Waals surface area (Å²) in [6.07, 6.45) is 0.469. The van der Waals surface area contributed by atoms with Crippen LogP contribution in [0.1, 0.15) is 18.2 Å². The Kier molecular flexibility index (Phi) is 4.47. The van der Waals surface area contributed by atoms with E-state index in [0.29, 0.717) is 28.7 Å². The Morgan fingerprint density at radius 1 is 1.37 bits per heavy atom. The molecule has 3 N–H and O–H groups in total. The summed E-state index contributed by atoms with van der Waals surface area (Å²) in [6, 6.07) is 8.78. The number of rotatable bonds is 5. The molecule has 5 heteroatoms. The molecule has 1 aromatic carbocycles. The van der Waals surface area contributed by atoms with Crippen molar-refractivity contribution in [1.29, 1.82) is 0 Å². The van der Waals surface area contributed by atoms with Crippen LogP contribution >= 0.6 is 11.6 Å². The van der Waals surface area contributed by atoms with E-state index in [1.54, 1.807) is 19.2 Å². The Balaban J connectivity index is 2.25. The second kappa shape index (κ2) is 6.10. The van der Waals surface area contributed by atoms with Crippen LogP contribution in [0.5, 0.6) is 5.75 Å². The first-order chi connectivity index (χ1) is 9.15. The number of benzene rings is 1. The van der Waals surface area contributed by atoms with Crippen LogP contribution in [-0.2, 0) is 0 Å². The third kappa shape index (κ3) is 3.10. The van der Waals surface area contributed by atoms with Crippen molar-refractivity contribution in [3.8, 4) is 17.1 Å². The van der Waals surface area contributed by atoms with Crippen LogP contribution in [0.3, 0.4) is 0 Å². The van der Waals surface area contributed by atoms with Crippen LogP contribution < -0.4 is 10.5 Å². The molecule has 0 bridgehead atoms. The second-order valence-electron chi connectivity index (χ2n) is 4.17. The van der Waals surface area contributed by atoms with Gasteiger partial charge in [0.2, 0.25) is 0 Å². The van der Waals surface area contributed by atoms with Gasteiger partial charge in [0.25, 0.3) is 0 Å². The molecule has 102 valence electrons. The quantitative estimate of drug-likeness (QED) is 0.884. The van der Waals surface area contributed by atoms with Gasteiger partial charge in [-0.15, -0.1) is 0 Å². The molecule has 19 heavy (non-hydrogen) atoms. The Hall–Kier alpha value is -1.49. The van der Waals surface area contributed by atoms with Crippen molar-refractivity contribution in [1.82, 2.24) is 0 Å². The predicted octanol–water partition coefficient (Wildman–Crippen LogP) is 2.99. The summed E-state index contributed by atoms with van der Waals surface area (Å²) in [6.45, 7) is 0.0333. The van der Waals surface area contributed by atoms with Gasteiger partial charge in [-0.25, -0.2) is 0 Å². The molecule has 1 heterocycles. The standard InChI is InChI=1S/C14H16ClNO3/c1-18-13-3-2-9(8-10(13)15)12-4-5-14(19-12)11(16)6-7-17/h2-5,8,11,17H,6-7,16H2,1H3. The van der Waals surface area contributed by atoms with E-state index in [9.17, 15) is 0 Å². The maximum atomic E-state index is 8.86. The van der Waals surface area contributed by atoms with Crippen molar-refractivity contribution in [3.05, 3.63) is 41.1 Å². The minimum absolute atomic E-state index is 0.0333. The van der Waals surface area contributed by atoms with Gasteiger partial charge in [-0.3, -0.25) is 0 Å². The molecular weight excluding hydrogens is 266 g/mol. The molecule has 4 nitrogen and oxygen atoms in total. The van der Waals surface area contributed by atoms with Crippen molar-refractivity contribution in [2.75, 3.05) is 13.7 Å². The number of nitrogens with two attached hydrogens (primary N) is 1. The van der Waals surface area contributed by atoms with Gasteiger partial charge < -0.3 is 20.0 Å². The smallest absolute Gasteiger partial charge is 0.137 e. The van der Waals surface area contributed by atoms with Crippen molar-refractivity contribution < 1.29 is 14.3 Å². The summed E-state index contributed by atoms with van der Waals surface area (Å²) >= 11 is 6.07. The van der Waals surface area contributed by atoms with Gasteiger partial charge in [0.1, 0.15) is 17.3 Å². The Labute approximate surface area is 116 Å². The second-order valence-corrected chi connectivity index (χ2v) is 4.58. The van der Waals surface area contributed by atoms with E-state index >= 15 is 0 Å².